The van der Waals surface area contributed by atoms with Crippen LogP contribution in [0.3, 0.4) is 0 Å². The molecule has 2 saturated heterocycles. The van der Waals surface area contributed by atoms with Gasteiger partial charge in [0, 0.05) is 13.1 Å². The lowest BCUT2D eigenvalue weighted by Gasteiger charge is -2.26. The lowest BCUT2D eigenvalue weighted by Crippen LogP contribution is -2.37. The maximum Gasteiger partial charge on any atom is 0.236 e. The molecule has 0 radical (unpaired) electrons. The molecular weight excluding hydrogens is 280 g/mol. The summed E-state index contributed by atoms with van der Waals surface area (Å²) in [5.41, 5.74) is 2.52. The number of hydrogen-bond donors (Lipinski definition) is 0. The van der Waals surface area contributed by atoms with Gasteiger partial charge in [-0.25, -0.2) is 0 Å². The Morgan fingerprint density at radius 1 is 1.14 bits per heavy atom. The summed E-state index contributed by atoms with van der Waals surface area (Å²) in [7, 11) is 0. The largest absolute Gasteiger partial charge is 0.324 e. The van der Waals surface area contributed by atoms with Crippen LogP contribution in [0.4, 0.5) is 0 Å². The third-order valence-corrected chi connectivity index (χ3v) is 5.86. The van der Waals surface area contributed by atoms with Crippen molar-refractivity contribution in [2.75, 3.05) is 26.2 Å². The van der Waals surface area contributed by atoms with E-state index < -0.39 is 0 Å². The van der Waals surface area contributed by atoms with Gasteiger partial charge < -0.3 is 9.80 Å². The normalized spacial score (nSPS) is 26.8. The van der Waals surface area contributed by atoms with Gasteiger partial charge in [0.25, 0.3) is 0 Å². The minimum Gasteiger partial charge on any atom is -0.324 e. The Hall–Kier alpha value is -1.00. The van der Waals surface area contributed by atoms with E-state index in [1.54, 1.807) is 11.8 Å². The van der Waals surface area contributed by atoms with Crippen molar-refractivity contribution in [3.05, 3.63) is 35.4 Å². The molecule has 2 aliphatic rings. The molecule has 1 amide bonds. The second-order valence-corrected chi connectivity index (χ2v) is 7.55. The van der Waals surface area contributed by atoms with E-state index in [2.05, 4.69) is 41.0 Å². The van der Waals surface area contributed by atoms with Crippen LogP contribution in [0.25, 0.3) is 0 Å². The van der Waals surface area contributed by atoms with Crippen molar-refractivity contribution >= 4 is 17.7 Å². The molecule has 0 spiro atoms. The number of aryl methyl sites for hydroxylation is 1. The van der Waals surface area contributed by atoms with Crippen molar-refractivity contribution in [3.63, 3.8) is 0 Å². The third kappa shape index (κ3) is 3.27. The molecule has 1 aromatic rings. The number of likely N-dealkylation sites (tertiary alicyclic amines) is 1. The Balaban J connectivity index is 1.71. The van der Waals surface area contributed by atoms with Crippen LogP contribution in [-0.4, -0.2) is 47.1 Å². The Bertz CT molecular complexity index is 496. The van der Waals surface area contributed by atoms with Crippen molar-refractivity contribution in [1.82, 2.24) is 9.80 Å². The van der Waals surface area contributed by atoms with Crippen molar-refractivity contribution in [2.45, 2.75) is 37.3 Å². The molecule has 0 saturated carbocycles. The predicted molar refractivity (Wildman–Crippen MR) is 88.4 cm³/mol. The number of hydrogen-bond acceptors (Lipinski definition) is 3. The van der Waals surface area contributed by atoms with Gasteiger partial charge in [-0.05, 0) is 45.3 Å². The monoisotopic (exact) mass is 304 g/mol. The summed E-state index contributed by atoms with van der Waals surface area (Å²) < 4.78 is 0. The first-order valence-corrected chi connectivity index (χ1v) is 8.84. The van der Waals surface area contributed by atoms with E-state index in [0.717, 1.165) is 13.1 Å². The standard InChI is InChI=1S/C17H24N2OS/c1-13-5-7-15(8-6-13)17-19(16(20)14(2)21-17)12-11-18-9-3-4-10-18/h5-8,14,17H,3-4,9-12H2,1-2H3. The summed E-state index contributed by atoms with van der Waals surface area (Å²) in [5, 5.41) is 0.269. The summed E-state index contributed by atoms with van der Waals surface area (Å²) >= 11 is 1.78. The first-order chi connectivity index (χ1) is 10.1. The molecule has 2 fully saturated rings. The van der Waals surface area contributed by atoms with Crippen LogP contribution in [-0.2, 0) is 4.79 Å². The van der Waals surface area contributed by atoms with Gasteiger partial charge in [-0.3, -0.25) is 4.79 Å². The highest BCUT2D eigenvalue weighted by atomic mass is 32.2. The van der Waals surface area contributed by atoms with Gasteiger partial charge in [-0.1, -0.05) is 29.8 Å². The van der Waals surface area contributed by atoms with E-state index in [4.69, 9.17) is 0 Å². The molecule has 2 heterocycles. The highest BCUT2D eigenvalue weighted by molar-refractivity contribution is 8.01. The van der Waals surface area contributed by atoms with Crippen LogP contribution in [0.2, 0.25) is 0 Å². The van der Waals surface area contributed by atoms with Gasteiger partial charge in [0.05, 0.1) is 5.25 Å². The van der Waals surface area contributed by atoms with Crippen LogP contribution in [0.15, 0.2) is 24.3 Å². The van der Waals surface area contributed by atoms with E-state index in [0.29, 0.717) is 5.91 Å². The highest BCUT2D eigenvalue weighted by Crippen LogP contribution is 2.42. The number of amides is 1. The van der Waals surface area contributed by atoms with Crippen LogP contribution < -0.4 is 0 Å². The molecule has 4 heteroatoms. The first-order valence-electron chi connectivity index (χ1n) is 7.90. The Kier molecular flexibility index (Phi) is 4.55. The van der Waals surface area contributed by atoms with Crippen molar-refractivity contribution in [1.29, 1.82) is 0 Å². The lowest BCUT2D eigenvalue weighted by atomic mass is 10.1. The number of carbonyl (C=O) groups is 1. The van der Waals surface area contributed by atoms with Crippen molar-refractivity contribution in [3.8, 4) is 0 Å². The molecule has 21 heavy (non-hydrogen) atoms. The number of nitrogens with zero attached hydrogens (tertiary/aromatic N) is 2. The van der Waals surface area contributed by atoms with Crippen LogP contribution in [0.5, 0.6) is 0 Å². The summed E-state index contributed by atoms with van der Waals surface area (Å²) in [6.45, 7) is 8.39. The first kappa shape index (κ1) is 14.9. The van der Waals surface area contributed by atoms with E-state index in [1.807, 2.05) is 6.92 Å². The number of benzene rings is 1. The van der Waals surface area contributed by atoms with Gasteiger partial charge >= 0.3 is 0 Å². The topological polar surface area (TPSA) is 23.6 Å². The summed E-state index contributed by atoms with van der Waals surface area (Å²) in [4.78, 5) is 17.0. The average Bonchev–Trinajstić information content (AvgIpc) is 3.08. The fourth-order valence-corrected chi connectivity index (χ4v) is 4.46. The number of carbonyl (C=O) groups excluding carboxylic acids is 1. The summed E-state index contributed by atoms with van der Waals surface area (Å²) in [6.07, 6.45) is 2.61. The predicted octanol–water partition coefficient (Wildman–Crippen LogP) is 3.05. The lowest BCUT2D eigenvalue weighted by molar-refractivity contribution is -0.130. The Labute approximate surface area is 131 Å². The maximum atomic E-state index is 12.4. The van der Waals surface area contributed by atoms with Gasteiger partial charge in [0.2, 0.25) is 5.91 Å². The molecule has 0 aliphatic carbocycles. The molecular formula is C17H24N2OS. The highest BCUT2D eigenvalue weighted by Gasteiger charge is 2.38. The van der Waals surface area contributed by atoms with Crippen molar-refractivity contribution in [2.24, 2.45) is 0 Å². The van der Waals surface area contributed by atoms with Gasteiger partial charge in [-0.2, -0.15) is 0 Å². The van der Waals surface area contributed by atoms with Gasteiger partial charge in [0.1, 0.15) is 5.37 Å². The fourth-order valence-electron chi connectivity index (χ4n) is 3.15. The minimum absolute atomic E-state index is 0.0786. The maximum absolute atomic E-state index is 12.4. The second-order valence-electron chi connectivity index (χ2n) is 6.12. The summed E-state index contributed by atoms with van der Waals surface area (Å²) in [6, 6.07) is 8.62. The second kappa shape index (κ2) is 6.41. The van der Waals surface area contributed by atoms with E-state index in [-0.39, 0.29) is 10.6 Å². The zero-order valence-electron chi connectivity index (χ0n) is 12.9. The molecule has 114 valence electrons. The molecule has 2 atom stereocenters. The van der Waals surface area contributed by atoms with Crippen molar-refractivity contribution < 1.29 is 4.79 Å². The molecule has 2 aliphatic heterocycles. The molecule has 0 N–H and O–H groups in total. The Morgan fingerprint density at radius 2 is 1.81 bits per heavy atom. The van der Waals surface area contributed by atoms with Crippen LogP contribution in [0, 0.1) is 6.92 Å². The fraction of sp³-hybridized carbons (Fsp3) is 0.588. The molecule has 3 rings (SSSR count). The van der Waals surface area contributed by atoms with Gasteiger partial charge in [0.15, 0.2) is 0 Å². The zero-order valence-corrected chi connectivity index (χ0v) is 13.7. The minimum atomic E-state index is 0.0786. The zero-order chi connectivity index (χ0) is 14.8. The van der Waals surface area contributed by atoms with E-state index in [1.165, 1.54) is 37.1 Å². The molecule has 2 unspecified atom stereocenters. The average molecular weight is 304 g/mol. The van der Waals surface area contributed by atoms with Gasteiger partial charge in [-0.15, -0.1) is 11.8 Å². The third-order valence-electron chi connectivity index (χ3n) is 4.47. The molecule has 0 aromatic heterocycles. The van der Waals surface area contributed by atoms with Crippen LogP contribution >= 0.6 is 11.8 Å². The quantitative estimate of drug-likeness (QED) is 0.854. The Morgan fingerprint density at radius 3 is 2.48 bits per heavy atom. The molecule has 1 aromatic carbocycles. The number of rotatable bonds is 4. The smallest absolute Gasteiger partial charge is 0.236 e. The van der Waals surface area contributed by atoms with E-state index >= 15 is 0 Å². The molecule has 3 nitrogen and oxygen atoms in total. The SMILES string of the molecule is Cc1ccc(C2SC(C)C(=O)N2CCN2CCCC2)cc1. The summed E-state index contributed by atoms with van der Waals surface area (Å²) in [5.74, 6) is 0.296. The molecule has 0 bridgehead atoms. The van der Waals surface area contributed by atoms with Crippen LogP contribution in [0.1, 0.15) is 36.3 Å². The van der Waals surface area contributed by atoms with E-state index in [9.17, 15) is 4.79 Å². The number of thioether (sulfide) groups is 1.